The lowest BCUT2D eigenvalue weighted by atomic mass is 10.1. The topological polar surface area (TPSA) is 40.6 Å². The second-order valence-corrected chi connectivity index (χ2v) is 7.43. The van der Waals surface area contributed by atoms with Crippen molar-refractivity contribution in [3.8, 4) is 0 Å². The van der Waals surface area contributed by atoms with Crippen molar-refractivity contribution in [2.45, 2.75) is 31.8 Å². The number of fused-ring (bicyclic) bond motifs is 1. The zero-order chi connectivity index (χ0) is 16.5. The molecule has 4 rings (SSSR count). The summed E-state index contributed by atoms with van der Waals surface area (Å²) in [5.74, 6) is -0.0494. The van der Waals surface area contributed by atoms with Crippen molar-refractivity contribution in [2.75, 3.05) is 13.1 Å². The standard InChI is InChI=1S/C19H20N2O2S/c22-18-12-16(20-9-7-17-15(13-20)8-11-24-17)19(23)21(18)10-6-14-4-2-1-3-5-14/h1-5,8,11,16H,6-7,9-10,12-13H2/t16-/m1/s1. The molecule has 1 atom stereocenters. The first kappa shape index (κ1) is 15.5. The third-order valence-corrected chi connectivity index (χ3v) is 5.99. The van der Waals surface area contributed by atoms with Gasteiger partial charge in [-0.1, -0.05) is 30.3 Å². The molecule has 2 amide bonds. The molecule has 0 aliphatic carbocycles. The van der Waals surface area contributed by atoms with Crippen LogP contribution in [-0.2, 0) is 29.0 Å². The number of carbonyl (C=O) groups excluding carboxylic acids is 2. The van der Waals surface area contributed by atoms with Gasteiger partial charge in [0.1, 0.15) is 0 Å². The number of thiophene rings is 1. The van der Waals surface area contributed by atoms with E-state index in [0.29, 0.717) is 13.0 Å². The fraction of sp³-hybridized carbons (Fsp3) is 0.368. The number of benzene rings is 1. The van der Waals surface area contributed by atoms with Crippen LogP contribution in [-0.4, -0.2) is 40.7 Å². The predicted octanol–water partition coefficient (Wildman–Crippen LogP) is 2.48. The van der Waals surface area contributed by atoms with Crippen LogP contribution in [0.3, 0.4) is 0 Å². The largest absolute Gasteiger partial charge is 0.287 e. The molecule has 0 spiro atoms. The summed E-state index contributed by atoms with van der Waals surface area (Å²) in [5.41, 5.74) is 2.47. The minimum absolute atomic E-state index is 0.0189. The fourth-order valence-corrected chi connectivity index (χ4v) is 4.50. The Balaban J connectivity index is 1.42. The van der Waals surface area contributed by atoms with Crippen molar-refractivity contribution in [3.63, 3.8) is 0 Å². The van der Waals surface area contributed by atoms with Gasteiger partial charge in [-0.15, -0.1) is 11.3 Å². The molecule has 1 aromatic heterocycles. The maximum Gasteiger partial charge on any atom is 0.247 e. The van der Waals surface area contributed by atoms with Crippen LogP contribution in [0.5, 0.6) is 0 Å². The molecular formula is C19H20N2O2S. The van der Waals surface area contributed by atoms with Gasteiger partial charge < -0.3 is 0 Å². The van der Waals surface area contributed by atoms with Crippen LogP contribution in [0.15, 0.2) is 41.8 Å². The molecule has 0 N–H and O–H groups in total. The number of likely N-dealkylation sites (tertiary alicyclic amines) is 1. The third-order valence-electron chi connectivity index (χ3n) is 4.96. The summed E-state index contributed by atoms with van der Waals surface area (Å²) >= 11 is 1.79. The zero-order valence-electron chi connectivity index (χ0n) is 13.5. The molecule has 0 saturated carbocycles. The lowest BCUT2D eigenvalue weighted by Crippen LogP contribution is -2.44. The van der Waals surface area contributed by atoms with Crippen LogP contribution in [0.2, 0.25) is 0 Å². The number of nitrogens with zero attached hydrogens (tertiary/aromatic N) is 2. The molecule has 0 radical (unpaired) electrons. The van der Waals surface area contributed by atoms with Crippen molar-refractivity contribution in [3.05, 3.63) is 57.8 Å². The van der Waals surface area contributed by atoms with E-state index in [0.717, 1.165) is 31.5 Å². The predicted molar refractivity (Wildman–Crippen MR) is 93.7 cm³/mol. The second-order valence-electron chi connectivity index (χ2n) is 6.43. The molecule has 4 nitrogen and oxygen atoms in total. The normalized spacial score (nSPS) is 21.3. The van der Waals surface area contributed by atoms with Crippen LogP contribution < -0.4 is 0 Å². The quantitative estimate of drug-likeness (QED) is 0.803. The van der Waals surface area contributed by atoms with Gasteiger partial charge in [0.15, 0.2) is 0 Å². The molecular weight excluding hydrogens is 320 g/mol. The van der Waals surface area contributed by atoms with Gasteiger partial charge in [0, 0.05) is 24.5 Å². The van der Waals surface area contributed by atoms with Crippen LogP contribution in [0.4, 0.5) is 0 Å². The fourth-order valence-electron chi connectivity index (χ4n) is 3.61. The van der Waals surface area contributed by atoms with E-state index >= 15 is 0 Å². The van der Waals surface area contributed by atoms with Crippen molar-refractivity contribution < 1.29 is 9.59 Å². The van der Waals surface area contributed by atoms with E-state index in [9.17, 15) is 9.59 Å². The number of carbonyl (C=O) groups is 2. The molecule has 0 bridgehead atoms. The van der Waals surface area contributed by atoms with E-state index in [4.69, 9.17) is 0 Å². The lowest BCUT2D eigenvalue weighted by Gasteiger charge is -2.30. The second kappa shape index (κ2) is 6.49. The maximum atomic E-state index is 12.8. The Morgan fingerprint density at radius 2 is 1.96 bits per heavy atom. The summed E-state index contributed by atoms with van der Waals surface area (Å²) in [6.07, 6.45) is 2.03. The lowest BCUT2D eigenvalue weighted by molar-refractivity contribution is -0.139. The number of imide groups is 1. The van der Waals surface area contributed by atoms with Crippen molar-refractivity contribution in [2.24, 2.45) is 0 Å². The third kappa shape index (κ3) is 2.89. The van der Waals surface area contributed by atoms with Gasteiger partial charge in [0.2, 0.25) is 11.8 Å². The van der Waals surface area contributed by atoms with E-state index in [1.807, 2.05) is 30.3 Å². The highest BCUT2D eigenvalue weighted by atomic mass is 32.1. The Kier molecular flexibility index (Phi) is 4.21. The number of hydrogen-bond acceptors (Lipinski definition) is 4. The minimum Gasteiger partial charge on any atom is -0.287 e. The molecule has 24 heavy (non-hydrogen) atoms. The van der Waals surface area contributed by atoms with Gasteiger partial charge >= 0.3 is 0 Å². The smallest absolute Gasteiger partial charge is 0.247 e. The molecule has 5 heteroatoms. The molecule has 3 heterocycles. The SMILES string of the molecule is O=C1C[C@@H](N2CCc3sccc3C2)C(=O)N1CCc1ccccc1. The van der Waals surface area contributed by atoms with E-state index < -0.39 is 0 Å². The maximum absolute atomic E-state index is 12.8. The Labute approximate surface area is 145 Å². The highest BCUT2D eigenvalue weighted by Crippen LogP contribution is 2.28. The van der Waals surface area contributed by atoms with Gasteiger partial charge in [-0.25, -0.2) is 0 Å². The first-order valence-corrected chi connectivity index (χ1v) is 9.28. The average molecular weight is 340 g/mol. The Bertz CT molecular complexity index is 756. The molecule has 2 aromatic rings. The Morgan fingerprint density at radius 3 is 2.79 bits per heavy atom. The first-order valence-electron chi connectivity index (χ1n) is 8.40. The summed E-state index contributed by atoms with van der Waals surface area (Å²) < 4.78 is 0. The average Bonchev–Trinajstić information content (AvgIpc) is 3.18. The van der Waals surface area contributed by atoms with Gasteiger partial charge in [0.05, 0.1) is 12.5 Å². The van der Waals surface area contributed by atoms with Gasteiger partial charge in [0.25, 0.3) is 0 Å². The van der Waals surface area contributed by atoms with Crippen LogP contribution in [0, 0.1) is 0 Å². The summed E-state index contributed by atoms with van der Waals surface area (Å²) in [6.45, 7) is 2.13. The summed E-state index contributed by atoms with van der Waals surface area (Å²) in [6, 6.07) is 11.9. The van der Waals surface area contributed by atoms with E-state index in [1.54, 1.807) is 11.3 Å². The summed E-state index contributed by atoms with van der Waals surface area (Å²) in [7, 11) is 0. The molecule has 0 unspecified atom stereocenters. The van der Waals surface area contributed by atoms with E-state index in [-0.39, 0.29) is 17.9 Å². The Hall–Kier alpha value is -1.98. The van der Waals surface area contributed by atoms with Gasteiger partial charge in [-0.05, 0) is 35.4 Å². The monoisotopic (exact) mass is 340 g/mol. The molecule has 1 fully saturated rings. The number of hydrogen-bond donors (Lipinski definition) is 0. The molecule has 1 aromatic carbocycles. The first-order chi connectivity index (χ1) is 11.7. The molecule has 2 aliphatic heterocycles. The number of rotatable bonds is 4. The van der Waals surface area contributed by atoms with Gasteiger partial charge in [-0.2, -0.15) is 0 Å². The van der Waals surface area contributed by atoms with Crippen LogP contribution in [0.25, 0.3) is 0 Å². The highest BCUT2D eigenvalue weighted by Gasteiger charge is 2.42. The van der Waals surface area contributed by atoms with Gasteiger partial charge in [-0.3, -0.25) is 19.4 Å². The summed E-state index contributed by atoms with van der Waals surface area (Å²) in [5, 5.41) is 2.11. The molecule has 124 valence electrons. The molecule has 1 saturated heterocycles. The summed E-state index contributed by atoms with van der Waals surface area (Å²) in [4.78, 5) is 30.1. The van der Waals surface area contributed by atoms with Crippen molar-refractivity contribution in [1.29, 1.82) is 0 Å². The van der Waals surface area contributed by atoms with Crippen molar-refractivity contribution in [1.82, 2.24) is 9.80 Å². The Morgan fingerprint density at radius 1 is 1.12 bits per heavy atom. The zero-order valence-corrected chi connectivity index (χ0v) is 14.3. The highest BCUT2D eigenvalue weighted by molar-refractivity contribution is 7.10. The van der Waals surface area contributed by atoms with E-state index in [2.05, 4.69) is 16.3 Å². The van der Waals surface area contributed by atoms with E-state index in [1.165, 1.54) is 15.3 Å². The van der Waals surface area contributed by atoms with Crippen LogP contribution >= 0.6 is 11.3 Å². The van der Waals surface area contributed by atoms with Crippen LogP contribution in [0.1, 0.15) is 22.4 Å². The minimum atomic E-state index is -0.277. The number of amides is 2. The molecule has 2 aliphatic rings. The van der Waals surface area contributed by atoms with Crippen molar-refractivity contribution >= 4 is 23.2 Å².